The zero-order chi connectivity index (χ0) is 18.1. The molecule has 1 aromatic rings. The first-order valence-electron chi connectivity index (χ1n) is 9.40. The number of nitrogens with one attached hydrogen (secondary N) is 1. The van der Waals surface area contributed by atoms with Gasteiger partial charge >= 0.3 is 0 Å². The summed E-state index contributed by atoms with van der Waals surface area (Å²) >= 11 is 0. The molecule has 0 atom stereocenters. The van der Waals surface area contributed by atoms with Crippen molar-refractivity contribution >= 4 is 15.9 Å². The van der Waals surface area contributed by atoms with Crippen molar-refractivity contribution in [3.8, 4) is 0 Å². The Bertz CT molecular complexity index is 633. The topological polar surface area (TPSA) is 66.5 Å². The number of hydrogen-bond acceptors (Lipinski definition) is 3. The molecule has 0 bridgehead atoms. The third-order valence-electron chi connectivity index (χ3n) is 4.62. The highest BCUT2D eigenvalue weighted by Crippen LogP contribution is 2.20. The summed E-state index contributed by atoms with van der Waals surface area (Å²) in [5.74, 6) is 0.0854. The molecule has 1 heterocycles. The Kier molecular flexibility index (Phi) is 7.90. The van der Waals surface area contributed by atoms with Gasteiger partial charge in [0.1, 0.15) is 0 Å². The van der Waals surface area contributed by atoms with E-state index in [9.17, 15) is 13.2 Å². The minimum atomic E-state index is -3.38. The first-order valence-corrected chi connectivity index (χ1v) is 10.8. The standard InChI is InChI=1S/C19H30N2O3S/c1-2-3-8-19(22)20-14-13-17-9-11-18(12-10-17)25(23,24)21-15-6-4-5-7-16-21/h9-12H,2-8,13-16H2,1H3,(H,20,22). The molecule has 1 aromatic carbocycles. The van der Waals surface area contributed by atoms with Gasteiger partial charge in [-0.3, -0.25) is 4.79 Å². The Labute approximate surface area is 151 Å². The molecule has 25 heavy (non-hydrogen) atoms. The molecule has 5 nitrogen and oxygen atoms in total. The van der Waals surface area contributed by atoms with E-state index < -0.39 is 10.0 Å². The average molecular weight is 367 g/mol. The van der Waals surface area contributed by atoms with Crippen molar-refractivity contribution in [3.05, 3.63) is 29.8 Å². The van der Waals surface area contributed by atoms with Crippen molar-refractivity contribution in [2.24, 2.45) is 0 Å². The van der Waals surface area contributed by atoms with Gasteiger partial charge in [-0.1, -0.05) is 38.3 Å². The van der Waals surface area contributed by atoms with Gasteiger partial charge in [0.2, 0.25) is 15.9 Å². The fourth-order valence-corrected chi connectivity index (χ4v) is 4.55. The molecule has 1 aliphatic heterocycles. The Balaban J connectivity index is 1.89. The largest absolute Gasteiger partial charge is 0.356 e. The van der Waals surface area contributed by atoms with Gasteiger partial charge in [-0.05, 0) is 43.4 Å². The SMILES string of the molecule is CCCCC(=O)NCCc1ccc(S(=O)(=O)N2CCCCCC2)cc1. The lowest BCUT2D eigenvalue weighted by Crippen LogP contribution is -2.31. The van der Waals surface area contributed by atoms with Crippen LogP contribution >= 0.6 is 0 Å². The zero-order valence-corrected chi connectivity index (χ0v) is 16.0. The van der Waals surface area contributed by atoms with Gasteiger partial charge in [-0.25, -0.2) is 8.42 Å². The Morgan fingerprint density at radius 3 is 2.32 bits per heavy atom. The Morgan fingerprint density at radius 2 is 1.72 bits per heavy atom. The van der Waals surface area contributed by atoms with Crippen LogP contribution in [0.25, 0.3) is 0 Å². The number of sulfonamides is 1. The molecule has 1 saturated heterocycles. The Morgan fingerprint density at radius 1 is 1.08 bits per heavy atom. The van der Waals surface area contributed by atoms with Crippen molar-refractivity contribution < 1.29 is 13.2 Å². The number of benzene rings is 1. The van der Waals surface area contributed by atoms with E-state index in [0.29, 0.717) is 37.4 Å². The van der Waals surface area contributed by atoms with Crippen LogP contribution in [0.2, 0.25) is 0 Å². The molecule has 0 spiro atoms. The van der Waals surface area contributed by atoms with Gasteiger partial charge in [-0.15, -0.1) is 0 Å². The van der Waals surface area contributed by atoms with Crippen LogP contribution in [0.15, 0.2) is 29.2 Å². The second-order valence-corrected chi connectivity index (χ2v) is 8.60. The van der Waals surface area contributed by atoms with Gasteiger partial charge in [0.25, 0.3) is 0 Å². The van der Waals surface area contributed by atoms with Gasteiger partial charge in [0, 0.05) is 26.1 Å². The van der Waals surface area contributed by atoms with E-state index in [2.05, 4.69) is 12.2 Å². The van der Waals surface area contributed by atoms with Crippen LogP contribution in [0.1, 0.15) is 57.4 Å². The van der Waals surface area contributed by atoms with Gasteiger partial charge in [-0.2, -0.15) is 4.31 Å². The first kappa shape index (κ1) is 19.9. The highest BCUT2D eigenvalue weighted by molar-refractivity contribution is 7.89. The molecule has 0 aliphatic carbocycles. The number of hydrogen-bond donors (Lipinski definition) is 1. The number of unbranched alkanes of at least 4 members (excludes halogenated alkanes) is 1. The molecule has 140 valence electrons. The third kappa shape index (κ3) is 6.12. The molecule has 0 aromatic heterocycles. The van der Waals surface area contributed by atoms with E-state index in [1.807, 2.05) is 12.1 Å². The first-order chi connectivity index (χ1) is 12.0. The maximum absolute atomic E-state index is 12.7. The van der Waals surface area contributed by atoms with E-state index >= 15 is 0 Å². The fourth-order valence-electron chi connectivity index (χ4n) is 3.03. The maximum Gasteiger partial charge on any atom is 0.243 e. The summed E-state index contributed by atoms with van der Waals surface area (Å²) in [6.07, 6.45) is 7.30. The molecule has 6 heteroatoms. The second kappa shape index (κ2) is 9.92. The van der Waals surface area contributed by atoms with Crippen molar-refractivity contribution in [2.45, 2.75) is 63.2 Å². The van der Waals surface area contributed by atoms with Crippen LogP contribution in [-0.2, 0) is 21.2 Å². The molecule has 1 amide bonds. The minimum Gasteiger partial charge on any atom is -0.356 e. The van der Waals surface area contributed by atoms with Crippen molar-refractivity contribution in [2.75, 3.05) is 19.6 Å². The van der Waals surface area contributed by atoms with Crippen molar-refractivity contribution in [1.82, 2.24) is 9.62 Å². The van der Waals surface area contributed by atoms with E-state index in [4.69, 9.17) is 0 Å². The lowest BCUT2D eigenvalue weighted by Gasteiger charge is -2.20. The average Bonchev–Trinajstić information content (AvgIpc) is 2.90. The lowest BCUT2D eigenvalue weighted by atomic mass is 10.1. The molecule has 1 fully saturated rings. The maximum atomic E-state index is 12.7. The van der Waals surface area contributed by atoms with Crippen LogP contribution in [0.3, 0.4) is 0 Å². The quantitative estimate of drug-likeness (QED) is 0.769. The number of nitrogens with zero attached hydrogens (tertiary/aromatic N) is 1. The van der Waals surface area contributed by atoms with Crippen LogP contribution in [0.5, 0.6) is 0 Å². The van der Waals surface area contributed by atoms with Crippen molar-refractivity contribution in [3.63, 3.8) is 0 Å². The summed E-state index contributed by atoms with van der Waals surface area (Å²) in [6.45, 7) is 3.89. The lowest BCUT2D eigenvalue weighted by molar-refractivity contribution is -0.121. The monoisotopic (exact) mass is 366 g/mol. The number of carbonyl (C=O) groups is 1. The van der Waals surface area contributed by atoms with E-state index in [-0.39, 0.29) is 5.91 Å². The van der Waals surface area contributed by atoms with E-state index in [0.717, 1.165) is 44.1 Å². The summed E-state index contributed by atoms with van der Waals surface area (Å²) in [5, 5.41) is 2.90. The summed E-state index contributed by atoms with van der Waals surface area (Å²) < 4.78 is 27.1. The van der Waals surface area contributed by atoms with Gasteiger partial charge in [0.05, 0.1) is 4.90 Å². The van der Waals surface area contributed by atoms with Crippen LogP contribution < -0.4 is 5.32 Å². The van der Waals surface area contributed by atoms with Crippen molar-refractivity contribution in [1.29, 1.82) is 0 Å². The molecule has 1 aliphatic rings. The zero-order valence-electron chi connectivity index (χ0n) is 15.2. The van der Waals surface area contributed by atoms with Crippen LogP contribution in [-0.4, -0.2) is 38.3 Å². The highest BCUT2D eigenvalue weighted by atomic mass is 32.2. The van der Waals surface area contributed by atoms with Gasteiger partial charge in [0.15, 0.2) is 0 Å². The Hall–Kier alpha value is -1.40. The van der Waals surface area contributed by atoms with E-state index in [1.165, 1.54) is 0 Å². The molecular weight excluding hydrogens is 336 g/mol. The number of amides is 1. The third-order valence-corrected chi connectivity index (χ3v) is 6.53. The summed E-state index contributed by atoms with van der Waals surface area (Å²) in [4.78, 5) is 12.0. The van der Waals surface area contributed by atoms with Crippen LogP contribution in [0.4, 0.5) is 0 Å². The fraction of sp³-hybridized carbons (Fsp3) is 0.632. The number of rotatable bonds is 8. The normalized spacial score (nSPS) is 16.4. The van der Waals surface area contributed by atoms with Crippen LogP contribution in [0, 0.1) is 0 Å². The molecule has 2 rings (SSSR count). The highest BCUT2D eigenvalue weighted by Gasteiger charge is 2.24. The predicted molar refractivity (Wildman–Crippen MR) is 99.9 cm³/mol. The molecule has 0 unspecified atom stereocenters. The number of carbonyl (C=O) groups excluding carboxylic acids is 1. The molecule has 0 saturated carbocycles. The van der Waals surface area contributed by atoms with E-state index in [1.54, 1.807) is 16.4 Å². The summed E-state index contributed by atoms with van der Waals surface area (Å²) in [6, 6.07) is 7.08. The summed E-state index contributed by atoms with van der Waals surface area (Å²) in [5.41, 5.74) is 1.03. The summed E-state index contributed by atoms with van der Waals surface area (Å²) in [7, 11) is -3.38. The minimum absolute atomic E-state index is 0.0854. The predicted octanol–water partition coefficient (Wildman–Crippen LogP) is 3.10. The molecule has 0 radical (unpaired) electrons. The molecular formula is C19H30N2O3S. The second-order valence-electron chi connectivity index (χ2n) is 6.67. The smallest absolute Gasteiger partial charge is 0.243 e. The van der Waals surface area contributed by atoms with Gasteiger partial charge < -0.3 is 5.32 Å². The molecule has 1 N–H and O–H groups in total.